The molecule has 4 N–H and O–H groups in total. The highest BCUT2D eigenvalue weighted by Crippen LogP contribution is 2.34. The van der Waals surface area contributed by atoms with Crippen LogP contribution in [-0.4, -0.2) is 13.0 Å². The molecule has 0 atom stereocenters. The lowest BCUT2D eigenvalue weighted by atomic mass is 9.77. The Hall–Kier alpha value is -2.04. The van der Waals surface area contributed by atoms with E-state index in [1.165, 1.54) is 7.11 Å². The van der Waals surface area contributed by atoms with Gasteiger partial charge in [0.05, 0.1) is 12.7 Å². The van der Waals surface area contributed by atoms with Crippen molar-refractivity contribution in [2.45, 2.75) is 19.3 Å². The van der Waals surface area contributed by atoms with Gasteiger partial charge in [0, 0.05) is 5.41 Å². The first-order valence-corrected chi connectivity index (χ1v) is 5.40. The van der Waals surface area contributed by atoms with Gasteiger partial charge in [-0.3, -0.25) is 4.79 Å². The number of amides is 1. The van der Waals surface area contributed by atoms with Gasteiger partial charge in [0.2, 0.25) is 5.91 Å². The van der Waals surface area contributed by atoms with Crippen molar-refractivity contribution in [1.29, 1.82) is 0 Å². The molecule has 18 heavy (non-hydrogen) atoms. The van der Waals surface area contributed by atoms with Crippen LogP contribution in [0.5, 0.6) is 5.75 Å². The Morgan fingerprint density at radius 2 is 1.94 bits per heavy atom. The molecule has 5 heteroatoms. The van der Waals surface area contributed by atoms with Gasteiger partial charge >= 0.3 is 0 Å². The summed E-state index contributed by atoms with van der Waals surface area (Å²) in [5, 5.41) is 0. The molecule has 0 fully saturated rings. The van der Waals surface area contributed by atoms with E-state index in [0.29, 0.717) is 11.3 Å². The molecule has 1 rings (SSSR count). The number of nitrogens with two attached hydrogens (primary N) is 2. The standard InChI is InChI=1S/C13H17FN2O2/c1-13(2,10(11(14)15)12(16)17)8-5-4-6-9(7-8)18-3/h4-7H,15H2,1-3H3,(H2,16,17)/b11-10+. The fourth-order valence-corrected chi connectivity index (χ4v) is 1.88. The van der Waals surface area contributed by atoms with Crippen LogP contribution in [0.1, 0.15) is 19.4 Å². The monoisotopic (exact) mass is 252 g/mol. The summed E-state index contributed by atoms with van der Waals surface area (Å²) < 4.78 is 18.4. The van der Waals surface area contributed by atoms with Crippen LogP contribution in [0.15, 0.2) is 35.8 Å². The third kappa shape index (κ3) is 2.61. The molecule has 98 valence electrons. The average molecular weight is 252 g/mol. The fourth-order valence-electron chi connectivity index (χ4n) is 1.88. The first-order valence-electron chi connectivity index (χ1n) is 5.40. The second-order valence-corrected chi connectivity index (χ2v) is 4.44. The summed E-state index contributed by atoms with van der Waals surface area (Å²) in [5.74, 6) is -1.32. The van der Waals surface area contributed by atoms with Crippen molar-refractivity contribution < 1.29 is 13.9 Å². The van der Waals surface area contributed by atoms with Gasteiger partial charge in [-0.1, -0.05) is 26.0 Å². The highest BCUT2D eigenvalue weighted by Gasteiger charge is 2.32. The summed E-state index contributed by atoms with van der Waals surface area (Å²) in [4.78, 5) is 11.3. The van der Waals surface area contributed by atoms with E-state index < -0.39 is 17.3 Å². The SMILES string of the molecule is COc1cccc(C(C)(C)/C(C(N)=O)=C(/N)F)c1. The van der Waals surface area contributed by atoms with Gasteiger partial charge in [-0.05, 0) is 17.7 Å². The zero-order chi connectivity index (χ0) is 13.9. The minimum atomic E-state index is -1.06. The maximum atomic E-state index is 13.3. The lowest BCUT2D eigenvalue weighted by molar-refractivity contribution is -0.115. The van der Waals surface area contributed by atoms with Crippen molar-refractivity contribution in [2.75, 3.05) is 7.11 Å². The molecular weight excluding hydrogens is 235 g/mol. The van der Waals surface area contributed by atoms with Crippen molar-refractivity contribution in [3.8, 4) is 5.75 Å². The molecule has 0 saturated heterocycles. The Morgan fingerprint density at radius 3 is 2.39 bits per heavy atom. The molecule has 0 bridgehead atoms. The Morgan fingerprint density at radius 1 is 1.33 bits per heavy atom. The van der Waals surface area contributed by atoms with E-state index in [1.54, 1.807) is 38.1 Å². The Balaban J connectivity index is 3.35. The Bertz CT molecular complexity index is 492. The van der Waals surface area contributed by atoms with Gasteiger partial charge in [0.25, 0.3) is 0 Å². The zero-order valence-corrected chi connectivity index (χ0v) is 10.7. The number of hydrogen-bond donors (Lipinski definition) is 2. The van der Waals surface area contributed by atoms with Crippen molar-refractivity contribution >= 4 is 5.91 Å². The number of benzene rings is 1. The number of carbonyl (C=O) groups is 1. The minimum Gasteiger partial charge on any atom is -0.497 e. The number of methoxy groups -OCH3 is 1. The largest absolute Gasteiger partial charge is 0.497 e. The second-order valence-electron chi connectivity index (χ2n) is 4.44. The first-order chi connectivity index (χ1) is 8.30. The Kier molecular flexibility index (Phi) is 3.96. The van der Waals surface area contributed by atoms with Crippen molar-refractivity contribution in [3.63, 3.8) is 0 Å². The molecule has 0 radical (unpaired) electrons. The number of halogens is 1. The van der Waals surface area contributed by atoms with Gasteiger partial charge in [-0.25, -0.2) is 0 Å². The van der Waals surface area contributed by atoms with Gasteiger partial charge < -0.3 is 16.2 Å². The average Bonchev–Trinajstić information content (AvgIpc) is 2.27. The van der Waals surface area contributed by atoms with Crippen LogP contribution < -0.4 is 16.2 Å². The van der Waals surface area contributed by atoms with E-state index in [1.807, 2.05) is 0 Å². The normalized spacial score (nSPS) is 12.9. The molecule has 1 aromatic carbocycles. The number of ether oxygens (including phenoxy) is 1. The maximum Gasteiger partial charge on any atom is 0.250 e. The van der Waals surface area contributed by atoms with Gasteiger partial charge in [-0.2, -0.15) is 4.39 Å². The number of carbonyl (C=O) groups excluding carboxylic acids is 1. The summed E-state index contributed by atoms with van der Waals surface area (Å²) in [6.07, 6.45) is 0. The second kappa shape index (κ2) is 5.08. The van der Waals surface area contributed by atoms with Crippen LogP contribution in [-0.2, 0) is 10.2 Å². The van der Waals surface area contributed by atoms with Crippen LogP contribution >= 0.6 is 0 Å². The molecule has 4 nitrogen and oxygen atoms in total. The summed E-state index contributed by atoms with van der Waals surface area (Å²) in [7, 11) is 1.53. The molecule has 0 aliphatic carbocycles. The molecule has 1 aromatic rings. The minimum absolute atomic E-state index is 0.240. The van der Waals surface area contributed by atoms with Crippen LogP contribution in [0.25, 0.3) is 0 Å². The smallest absolute Gasteiger partial charge is 0.250 e. The number of primary amides is 1. The van der Waals surface area contributed by atoms with E-state index in [0.717, 1.165) is 0 Å². The van der Waals surface area contributed by atoms with E-state index in [4.69, 9.17) is 16.2 Å². The predicted molar refractivity (Wildman–Crippen MR) is 67.5 cm³/mol. The summed E-state index contributed by atoms with van der Waals surface area (Å²) in [5.41, 5.74) is 9.82. The highest BCUT2D eigenvalue weighted by atomic mass is 19.1. The van der Waals surface area contributed by atoms with Gasteiger partial charge in [0.1, 0.15) is 5.75 Å². The molecule has 0 spiro atoms. The summed E-state index contributed by atoms with van der Waals surface area (Å²) >= 11 is 0. The van der Waals surface area contributed by atoms with Crippen molar-refractivity contribution in [2.24, 2.45) is 11.5 Å². The van der Waals surface area contributed by atoms with Gasteiger partial charge in [0.15, 0.2) is 5.95 Å². The van der Waals surface area contributed by atoms with Crippen molar-refractivity contribution in [1.82, 2.24) is 0 Å². The lowest BCUT2D eigenvalue weighted by Gasteiger charge is -2.27. The molecular formula is C13H17FN2O2. The summed E-state index contributed by atoms with van der Waals surface area (Å²) in [6.45, 7) is 3.35. The molecule has 0 heterocycles. The van der Waals surface area contributed by atoms with E-state index in [2.05, 4.69) is 0 Å². The fraction of sp³-hybridized carbons (Fsp3) is 0.308. The molecule has 1 amide bonds. The molecule has 0 aliphatic heterocycles. The van der Waals surface area contributed by atoms with Crippen LogP contribution in [0, 0.1) is 0 Å². The van der Waals surface area contributed by atoms with Crippen LogP contribution in [0.2, 0.25) is 0 Å². The first kappa shape index (κ1) is 14.0. The van der Waals surface area contributed by atoms with E-state index in [9.17, 15) is 9.18 Å². The predicted octanol–water partition coefficient (Wildman–Crippen LogP) is 1.60. The number of hydrogen-bond acceptors (Lipinski definition) is 3. The molecule has 0 aliphatic rings. The number of rotatable bonds is 4. The van der Waals surface area contributed by atoms with E-state index >= 15 is 0 Å². The highest BCUT2D eigenvalue weighted by molar-refractivity contribution is 5.95. The third-order valence-electron chi connectivity index (χ3n) is 2.90. The quantitative estimate of drug-likeness (QED) is 0.631. The molecule has 0 unspecified atom stereocenters. The lowest BCUT2D eigenvalue weighted by Crippen LogP contribution is -2.32. The third-order valence-corrected chi connectivity index (χ3v) is 2.90. The Labute approximate surface area is 105 Å². The molecule has 0 aromatic heterocycles. The molecule has 0 saturated carbocycles. The van der Waals surface area contributed by atoms with E-state index in [-0.39, 0.29) is 5.57 Å². The van der Waals surface area contributed by atoms with Crippen LogP contribution in [0.3, 0.4) is 0 Å². The maximum absolute atomic E-state index is 13.3. The zero-order valence-electron chi connectivity index (χ0n) is 10.7. The topological polar surface area (TPSA) is 78.3 Å². The van der Waals surface area contributed by atoms with Crippen LogP contribution in [0.4, 0.5) is 4.39 Å². The van der Waals surface area contributed by atoms with Crippen molar-refractivity contribution in [3.05, 3.63) is 41.4 Å². The summed E-state index contributed by atoms with van der Waals surface area (Å²) in [6, 6.07) is 6.98. The van der Waals surface area contributed by atoms with Gasteiger partial charge in [-0.15, -0.1) is 0 Å².